The van der Waals surface area contributed by atoms with Crippen LogP contribution in [0.25, 0.3) is 0 Å². The van der Waals surface area contributed by atoms with E-state index in [1.54, 1.807) is 5.57 Å². The maximum absolute atomic E-state index is 6.05. The molecule has 0 spiro atoms. The van der Waals surface area contributed by atoms with Gasteiger partial charge in [-0.2, -0.15) is 0 Å². The first kappa shape index (κ1) is 12.2. The molecule has 92 valence electrons. The molecule has 1 unspecified atom stereocenters. The average molecular weight is 222 g/mol. The summed E-state index contributed by atoms with van der Waals surface area (Å²) in [6.07, 6.45) is 15.1. The molecule has 2 aliphatic rings. The topological polar surface area (TPSA) is 9.23 Å². The predicted molar refractivity (Wildman–Crippen MR) is 68.5 cm³/mol. The molecule has 0 saturated heterocycles. The van der Waals surface area contributed by atoms with E-state index in [4.69, 9.17) is 4.74 Å². The number of rotatable bonds is 4. The smallest absolute Gasteiger partial charge is 0.0756 e. The van der Waals surface area contributed by atoms with Gasteiger partial charge in [-0.15, -0.1) is 0 Å². The van der Waals surface area contributed by atoms with Crippen LogP contribution in [0.1, 0.15) is 64.7 Å². The summed E-state index contributed by atoms with van der Waals surface area (Å²) in [5.74, 6) is 0.848. The minimum absolute atomic E-state index is 0.377. The second kappa shape index (κ2) is 6.44. The Hall–Kier alpha value is -0.300. The molecule has 0 aromatic heterocycles. The zero-order valence-electron chi connectivity index (χ0n) is 10.7. The van der Waals surface area contributed by atoms with E-state index < -0.39 is 0 Å². The van der Waals surface area contributed by atoms with Gasteiger partial charge in [-0.05, 0) is 56.9 Å². The van der Waals surface area contributed by atoms with E-state index in [1.165, 1.54) is 57.8 Å². The van der Waals surface area contributed by atoms with Crippen LogP contribution in [-0.2, 0) is 4.74 Å². The molecule has 0 bridgehead atoms. The number of hydrogen-bond acceptors (Lipinski definition) is 1. The molecule has 2 aliphatic carbocycles. The van der Waals surface area contributed by atoms with Crippen molar-refractivity contribution in [1.29, 1.82) is 0 Å². The monoisotopic (exact) mass is 222 g/mol. The zero-order chi connectivity index (χ0) is 11.2. The molecular formula is C15H26O. The van der Waals surface area contributed by atoms with Gasteiger partial charge in [0.1, 0.15) is 0 Å². The summed E-state index contributed by atoms with van der Waals surface area (Å²) >= 11 is 0. The van der Waals surface area contributed by atoms with Gasteiger partial charge in [0.2, 0.25) is 0 Å². The second-order valence-electron chi connectivity index (χ2n) is 5.50. The molecular weight excluding hydrogens is 196 g/mol. The van der Waals surface area contributed by atoms with Gasteiger partial charge in [-0.3, -0.25) is 0 Å². The normalized spacial score (nSPS) is 25.2. The summed E-state index contributed by atoms with van der Waals surface area (Å²) in [5.41, 5.74) is 1.56. The third-order valence-corrected chi connectivity index (χ3v) is 4.15. The second-order valence-corrected chi connectivity index (χ2v) is 5.50. The first-order chi connectivity index (χ1) is 7.86. The SMILES string of the molecule is CC(OCC1CCCCC1)C1=CCCCC1. The van der Waals surface area contributed by atoms with E-state index in [-0.39, 0.29) is 0 Å². The molecule has 2 rings (SSSR count). The molecule has 1 fully saturated rings. The van der Waals surface area contributed by atoms with E-state index >= 15 is 0 Å². The molecule has 0 aliphatic heterocycles. The van der Waals surface area contributed by atoms with Crippen LogP contribution in [0.15, 0.2) is 11.6 Å². The number of allylic oxidation sites excluding steroid dienone is 1. The summed E-state index contributed by atoms with van der Waals surface area (Å²) in [5, 5.41) is 0. The lowest BCUT2D eigenvalue weighted by Gasteiger charge is -2.25. The van der Waals surface area contributed by atoms with Crippen molar-refractivity contribution >= 4 is 0 Å². The molecule has 1 saturated carbocycles. The molecule has 1 nitrogen and oxygen atoms in total. The number of ether oxygens (including phenoxy) is 1. The summed E-state index contributed by atoms with van der Waals surface area (Å²) < 4.78 is 6.05. The van der Waals surface area contributed by atoms with Crippen molar-refractivity contribution in [2.75, 3.05) is 6.61 Å². The minimum atomic E-state index is 0.377. The van der Waals surface area contributed by atoms with Gasteiger partial charge in [0.15, 0.2) is 0 Å². The highest BCUT2D eigenvalue weighted by Gasteiger charge is 2.17. The fraction of sp³-hybridized carbons (Fsp3) is 0.867. The van der Waals surface area contributed by atoms with Crippen LogP contribution < -0.4 is 0 Å². The molecule has 1 heteroatoms. The average Bonchev–Trinajstić information content (AvgIpc) is 2.38. The summed E-state index contributed by atoms with van der Waals surface area (Å²) in [6.45, 7) is 3.23. The van der Waals surface area contributed by atoms with Crippen LogP contribution in [0.2, 0.25) is 0 Å². The van der Waals surface area contributed by atoms with Gasteiger partial charge in [-0.25, -0.2) is 0 Å². The van der Waals surface area contributed by atoms with Crippen LogP contribution in [-0.4, -0.2) is 12.7 Å². The van der Waals surface area contributed by atoms with Crippen LogP contribution >= 0.6 is 0 Å². The van der Waals surface area contributed by atoms with Gasteiger partial charge in [0, 0.05) is 0 Å². The van der Waals surface area contributed by atoms with Crippen LogP contribution in [0.5, 0.6) is 0 Å². The number of hydrogen-bond donors (Lipinski definition) is 0. The quantitative estimate of drug-likeness (QED) is 0.638. The van der Waals surface area contributed by atoms with Crippen LogP contribution in [0, 0.1) is 5.92 Å². The third-order valence-electron chi connectivity index (χ3n) is 4.15. The maximum atomic E-state index is 6.05. The lowest BCUT2D eigenvalue weighted by Crippen LogP contribution is -2.20. The van der Waals surface area contributed by atoms with Crippen molar-refractivity contribution in [3.05, 3.63) is 11.6 Å². The Labute approximate surface area is 100 Å². The first-order valence-electron chi connectivity index (χ1n) is 7.17. The van der Waals surface area contributed by atoms with Crippen molar-refractivity contribution in [2.24, 2.45) is 5.92 Å². The third kappa shape index (κ3) is 3.62. The minimum Gasteiger partial charge on any atom is -0.374 e. The lowest BCUT2D eigenvalue weighted by molar-refractivity contribution is 0.0478. The molecule has 1 atom stereocenters. The zero-order valence-corrected chi connectivity index (χ0v) is 10.7. The molecule has 16 heavy (non-hydrogen) atoms. The first-order valence-corrected chi connectivity index (χ1v) is 7.17. The Bertz CT molecular complexity index is 226. The maximum Gasteiger partial charge on any atom is 0.0756 e. The standard InChI is InChI=1S/C15H26O/c1-13(15-10-6-3-7-11-15)16-12-14-8-4-2-5-9-14/h10,13-14H,2-9,11-12H2,1H3. The van der Waals surface area contributed by atoms with Gasteiger partial charge in [0.25, 0.3) is 0 Å². The van der Waals surface area contributed by atoms with E-state index in [0.717, 1.165) is 12.5 Å². The van der Waals surface area contributed by atoms with Gasteiger partial charge in [0.05, 0.1) is 12.7 Å². The Balaban J connectivity index is 1.69. The fourth-order valence-electron chi connectivity index (χ4n) is 2.97. The van der Waals surface area contributed by atoms with Gasteiger partial charge < -0.3 is 4.74 Å². The Morgan fingerprint density at radius 3 is 2.69 bits per heavy atom. The van der Waals surface area contributed by atoms with E-state index in [9.17, 15) is 0 Å². The molecule has 0 amide bonds. The van der Waals surface area contributed by atoms with E-state index in [2.05, 4.69) is 13.0 Å². The van der Waals surface area contributed by atoms with Crippen LogP contribution in [0.3, 0.4) is 0 Å². The fourth-order valence-corrected chi connectivity index (χ4v) is 2.97. The highest BCUT2D eigenvalue weighted by atomic mass is 16.5. The molecule has 0 aromatic carbocycles. The van der Waals surface area contributed by atoms with Crippen LogP contribution in [0.4, 0.5) is 0 Å². The highest BCUT2D eigenvalue weighted by molar-refractivity contribution is 5.09. The van der Waals surface area contributed by atoms with E-state index in [0.29, 0.717) is 6.10 Å². The van der Waals surface area contributed by atoms with Crippen molar-refractivity contribution < 1.29 is 4.74 Å². The highest BCUT2D eigenvalue weighted by Crippen LogP contribution is 2.26. The van der Waals surface area contributed by atoms with E-state index in [1.807, 2.05) is 0 Å². The van der Waals surface area contributed by atoms with Crippen molar-refractivity contribution in [1.82, 2.24) is 0 Å². The van der Waals surface area contributed by atoms with Crippen molar-refractivity contribution in [3.8, 4) is 0 Å². The largest absolute Gasteiger partial charge is 0.374 e. The Kier molecular flexibility index (Phi) is 4.90. The van der Waals surface area contributed by atoms with Crippen molar-refractivity contribution in [2.45, 2.75) is 70.8 Å². The molecule has 0 aromatic rings. The molecule has 0 radical (unpaired) electrons. The summed E-state index contributed by atoms with van der Waals surface area (Å²) in [6, 6.07) is 0. The predicted octanol–water partition coefficient (Wildman–Crippen LogP) is 4.47. The Morgan fingerprint density at radius 2 is 2.00 bits per heavy atom. The molecule has 0 heterocycles. The van der Waals surface area contributed by atoms with Gasteiger partial charge in [-0.1, -0.05) is 25.3 Å². The van der Waals surface area contributed by atoms with Gasteiger partial charge >= 0.3 is 0 Å². The van der Waals surface area contributed by atoms with Crippen molar-refractivity contribution in [3.63, 3.8) is 0 Å². The summed E-state index contributed by atoms with van der Waals surface area (Å²) in [7, 11) is 0. The molecule has 0 N–H and O–H groups in total. The lowest BCUT2D eigenvalue weighted by atomic mass is 9.90. The summed E-state index contributed by atoms with van der Waals surface area (Å²) in [4.78, 5) is 0. The Morgan fingerprint density at radius 1 is 1.19 bits per heavy atom.